The Labute approximate surface area is 127 Å². The summed E-state index contributed by atoms with van der Waals surface area (Å²) in [5.41, 5.74) is 1.67. The second-order valence-corrected chi connectivity index (χ2v) is 4.63. The monoisotopic (exact) mass is 300 g/mol. The molecule has 0 saturated heterocycles. The van der Waals surface area contributed by atoms with Gasteiger partial charge in [0.25, 0.3) is 0 Å². The SMILES string of the molecule is CCc1c(C(C#N)C(=O)OC)n(C(=O)OC)c2ccccc12. The first-order valence-corrected chi connectivity index (χ1v) is 6.78. The van der Waals surface area contributed by atoms with E-state index in [1.165, 1.54) is 18.8 Å². The first-order chi connectivity index (χ1) is 10.6. The van der Waals surface area contributed by atoms with Crippen molar-refractivity contribution in [3.05, 3.63) is 35.5 Å². The summed E-state index contributed by atoms with van der Waals surface area (Å²) in [6.45, 7) is 1.90. The first-order valence-electron chi connectivity index (χ1n) is 6.78. The number of nitriles is 1. The first kappa shape index (κ1) is 15.6. The van der Waals surface area contributed by atoms with Gasteiger partial charge in [-0.3, -0.25) is 4.79 Å². The van der Waals surface area contributed by atoms with Crippen LogP contribution in [0, 0.1) is 11.3 Å². The molecule has 0 bridgehead atoms. The van der Waals surface area contributed by atoms with Crippen LogP contribution in [-0.2, 0) is 20.7 Å². The lowest BCUT2D eigenvalue weighted by Gasteiger charge is -2.12. The number of carbonyl (C=O) groups is 2. The third kappa shape index (κ3) is 2.31. The Bertz CT molecular complexity index is 770. The average molecular weight is 300 g/mol. The van der Waals surface area contributed by atoms with Crippen LogP contribution in [0.3, 0.4) is 0 Å². The Kier molecular flexibility index (Phi) is 4.47. The molecule has 1 atom stereocenters. The van der Waals surface area contributed by atoms with E-state index in [4.69, 9.17) is 9.47 Å². The summed E-state index contributed by atoms with van der Waals surface area (Å²) in [7, 11) is 2.47. The Morgan fingerprint density at radius 2 is 1.95 bits per heavy atom. The van der Waals surface area contributed by atoms with E-state index in [9.17, 15) is 14.9 Å². The van der Waals surface area contributed by atoms with Crippen LogP contribution < -0.4 is 0 Å². The number of aryl methyl sites for hydroxylation is 1. The van der Waals surface area contributed by atoms with E-state index >= 15 is 0 Å². The maximum Gasteiger partial charge on any atom is 0.418 e. The number of benzene rings is 1. The standard InChI is InChI=1S/C16H16N2O4/c1-4-10-11-7-5-6-8-13(11)18(16(20)22-3)14(10)12(9-17)15(19)21-2/h5-8,12H,4H2,1-3H3. The quantitative estimate of drug-likeness (QED) is 0.814. The fraction of sp³-hybridized carbons (Fsp3) is 0.312. The maximum absolute atomic E-state index is 12.2. The van der Waals surface area contributed by atoms with Crippen molar-refractivity contribution in [2.24, 2.45) is 0 Å². The summed E-state index contributed by atoms with van der Waals surface area (Å²) in [5, 5.41) is 10.2. The molecule has 6 nitrogen and oxygen atoms in total. The smallest absolute Gasteiger partial charge is 0.418 e. The molecule has 1 aromatic carbocycles. The normalized spacial score (nSPS) is 11.7. The van der Waals surface area contributed by atoms with Crippen LogP contribution in [0.1, 0.15) is 24.1 Å². The Hall–Kier alpha value is -2.81. The molecular formula is C16H16N2O4. The number of rotatable bonds is 3. The summed E-state index contributed by atoms with van der Waals surface area (Å²) in [6.07, 6.45) is -0.0790. The van der Waals surface area contributed by atoms with E-state index in [0.717, 1.165) is 10.9 Å². The van der Waals surface area contributed by atoms with Gasteiger partial charge in [-0.25, -0.2) is 9.36 Å². The molecule has 0 fully saturated rings. The van der Waals surface area contributed by atoms with Crippen molar-refractivity contribution >= 4 is 23.0 Å². The van der Waals surface area contributed by atoms with Crippen LogP contribution in [0.5, 0.6) is 0 Å². The molecule has 0 aliphatic rings. The van der Waals surface area contributed by atoms with Crippen molar-refractivity contribution in [3.63, 3.8) is 0 Å². The highest BCUT2D eigenvalue weighted by molar-refractivity contribution is 5.96. The number of esters is 1. The molecule has 114 valence electrons. The lowest BCUT2D eigenvalue weighted by molar-refractivity contribution is -0.141. The van der Waals surface area contributed by atoms with E-state index in [-0.39, 0.29) is 0 Å². The molecule has 0 radical (unpaired) electrons. The second kappa shape index (κ2) is 6.31. The number of ether oxygens (including phenoxy) is 2. The van der Waals surface area contributed by atoms with E-state index in [1.807, 2.05) is 25.1 Å². The molecule has 0 N–H and O–H groups in total. The predicted octanol–water partition coefficient (Wildman–Crippen LogP) is 2.60. The summed E-state index contributed by atoms with van der Waals surface area (Å²) in [6, 6.07) is 9.14. The van der Waals surface area contributed by atoms with Crippen molar-refractivity contribution in [2.45, 2.75) is 19.3 Å². The Morgan fingerprint density at radius 3 is 2.50 bits per heavy atom. The predicted molar refractivity (Wildman–Crippen MR) is 79.5 cm³/mol. The van der Waals surface area contributed by atoms with Crippen molar-refractivity contribution in [1.82, 2.24) is 4.57 Å². The molecule has 0 saturated carbocycles. The molecule has 2 aromatic rings. The highest BCUT2D eigenvalue weighted by Gasteiger charge is 2.32. The van der Waals surface area contributed by atoms with Crippen molar-refractivity contribution in [3.8, 4) is 6.07 Å². The average Bonchev–Trinajstić information content (AvgIpc) is 2.88. The number of para-hydroxylation sites is 1. The number of carbonyl (C=O) groups excluding carboxylic acids is 2. The summed E-state index contributed by atoms with van der Waals surface area (Å²) in [4.78, 5) is 24.1. The van der Waals surface area contributed by atoms with Gasteiger partial charge in [-0.1, -0.05) is 25.1 Å². The maximum atomic E-state index is 12.2. The molecule has 0 aliphatic carbocycles. The highest BCUT2D eigenvalue weighted by atomic mass is 16.5. The molecule has 1 unspecified atom stereocenters. The second-order valence-electron chi connectivity index (χ2n) is 4.63. The molecule has 22 heavy (non-hydrogen) atoms. The van der Waals surface area contributed by atoms with E-state index in [2.05, 4.69) is 0 Å². The number of fused-ring (bicyclic) bond motifs is 1. The van der Waals surface area contributed by atoms with Crippen LogP contribution >= 0.6 is 0 Å². The summed E-state index contributed by atoms with van der Waals surface area (Å²) in [5.74, 6) is -1.89. The number of hydrogen-bond acceptors (Lipinski definition) is 5. The van der Waals surface area contributed by atoms with E-state index in [0.29, 0.717) is 17.6 Å². The zero-order chi connectivity index (χ0) is 16.3. The minimum atomic E-state index is -1.19. The zero-order valence-electron chi connectivity index (χ0n) is 12.6. The minimum Gasteiger partial charge on any atom is -0.468 e. The molecule has 0 amide bonds. The van der Waals surface area contributed by atoms with Crippen molar-refractivity contribution in [1.29, 1.82) is 5.26 Å². The third-order valence-electron chi connectivity index (χ3n) is 3.57. The largest absolute Gasteiger partial charge is 0.468 e. The Balaban J connectivity index is 2.88. The molecular weight excluding hydrogens is 284 g/mol. The minimum absolute atomic E-state index is 0.310. The van der Waals surface area contributed by atoms with Crippen LogP contribution in [-0.4, -0.2) is 30.8 Å². The van der Waals surface area contributed by atoms with Gasteiger partial charge < -0.3 is 9.47 Å². The van der Waals surface area contributed by atoms with Gasteiger partial charge in [0.2, 0.25) is 0 Å². The Morgan fingerprint density at radius 1 is 1.27 bits per heavy atom. The van der Waals surface area contributed by atoms with E-state index < -0.39 is 18.0 Å². The van der Waals surface area contributed by atoms with Crippen LogP contribution in [0.15, 0.2) is 24.3 Å². The van der Waals surface area contributed by atoms with Gasteiger partial charge in [0, 0.05) is 5.39 Å². The highest BCUT2D eigenvalue weighted by Crippen LogP contribution is 2.32. The van der Waals surface area contributed by atoms with Gasteiger partial charge in [0.15, 0.2) is 5.92 Å². The molecule has 1 aromatic heterocycles. The van der Waals surface area contributed by atoms with E-state index in [1.54, 1.807) is 12.1 Å². The number of nitrogens with zero attached hydrogens (tertiary/aromatic N) is 2. The molecule has 2 rings (SSSR count). The van der Waals surface area contributed by atoms with Gasteiger partial charge in [-0.15, -0.1) is 0 Å². The van der Waals surface area contributed by atoms with Crippen LogP contribution in [0.25, 0.3) is 10.9 Å². The van der Waals surface area contributed by atoms with Gasteiger partial charge in [-0.2, -0.15) is 5.26 Å². The molecule has 1 heterocycles. The zero-order valence-corrected chi connectivity index (χ0v) is 12.6. The third-order valence-corrected chi connectivity index (χ3v) is 3.57. The molecule has 0 spiro atoms. The van der Waals surface area contributed by atoms with Crippen LogP contribution in [0.4, 0.5) is 4.79 Å². The fourth-order valence-electron chi connectivity index (χ4n) is 2.63. The van der Waals surface area contributed by atoms with Crippen LogP contribution in [0.2, 0.25) is 0 Å². The van der Waals surface area contributed by atoms with Gasteiger partial charge in [0.05, 0.1) is 31.5 Å². The lowest BCUT2D eigenvalue weighted by Crippen LogP contribution is -2.22. The number of aromatic nitrogens is 1. The van der Waals surface area contributed by atoms with Crippen molar-refractivity contribution in [2.75, 3.05) is 14.2 Å². The summed E-state index contributed by atoms with van der Waals surface area (Å²) >= 11 is 0. The summed E-state index contributed by atoms with van der Waals surface area (Å²) < 4.78 is 10.8. The molecule has 0 aliphatic heterocycles. The van der Waals surface area contributed by atoms with Gasteiger partial charge >= 0.3 is 12.1 Å². The van der Waals surface area contributed by atoms with Gasteiger partial charge in [0.1, 0.15) is 0 Å². The fourth-order valence-corrected chi connectivity index (χ4v) is 2.63. The van der Waals surface area contributed by atoms with Gasteiger partial charge in [-0.05, 0) is 18.1 Å². The lowest BCUT2D eigenvalue weighted by atomic mass is 9.99. The topological polar surface area (TPSA) is 81.3 Å². The van der Waals surface area contributed by atoms with Crippen molar-refractivity contribution < 1.29 is 19.1 Å². The number of methoxy groups -OCH3 is 2. The molecule has 6 heteroatoms. The number of hydrogen-bond donors (Lipinski definition) is 0.